The summed E-state index contributed by atoms with van der Waals surface area (Å²) in [6.07, 6.45) is 2.38. The number of nitrogens with zero attached hydrogens (tertiary/aromatic N) is 2. The monoisotopic (exact) mass is 333 g/mol. The summed E-state index contributed by atoms with van der Waals surface area (Å²) >= 11 is 0. The number of likely N-dealkylation sites (tertiary alicyclic amines) is 1. The van der Waals surface area contributed by atoms with Crippen molar-refractivity contribution in [2.75, 3.05) is 6.54 Å². The zero-order valence-electron chi connectivity index (χ0n) is 12.4. The Morgan fingerprint density at radius 3 is 2.67 bits per heavy atom. The first-order valence-corrected chi connectivity index (χ1v) is 9.39. The zero-order chi connectivity index (χ0) is 15.8. The third-order valence-electron chi connectivity index (χ3n) is 3.97. The highest BCUT2D eigenvalue weighted by atomic mass is 35.7. The summed E-state index contributed by atoms with van der Waals surface area (Å²) in [5.74, 6) is 0.0232. The summed E-state index contributed by atoms with van der Waals surface area (Å²) in [7, 11) is 1.46. The molecule has 2 unspecified atom stereocenters. The van der Waals surface area contributed by atoms with E-state index in [0.29, 0.717) is 24.6 Å². The zero-order valence-corrected chi connectivity index (χ0v) is 14.0. The van der Waals surface area contributed by atoms with Gasteiger partial charge in [-0.2, -0.15) is 5.10 Å². The molecule has 1 amide bonds. The van der Waals surface area contributed by atoms with Gasteiger partial charge in [-0.3, -0.25) is 9.89 Å². The van der Waals surface area contributed by atoms with Crippen LogP contribution in [0.3, 0.4) is 0 Å². The maximum atomic E-state index is 12.7. The number of H-pyrrole nitrogens is 1. The molecule has 1 fully saturated rings. The SMILES string of the molecule is CCc1[nH]nc(C(=O)N2CC(C)CCC2C)c1S(=O)(=O)Cl. The third-order valence-corrected chi connectivity index (χ3v) is 5.36. The molecule has 0 bridgehead atoms. The van der Waals surface area contributed by atoms with Gasteiger partial charge < -0.3 is 4.90 Å². The highest BCUT2D eigenvalue weighted by Gasteiger charge is 2.34. The quantitative estimate of drug-likeness (QED) is 0.859. The predicted octanol–water partition coefficient (Wildman–Crippen LogP) is 2.16. The van der Waals surface area contributed by atoms with Crippen LogP contribution in [0.5, 0.6) is 0 Å². The lowest BCUT2D eigenvalue weighted by atomic mass is 9.95. The molecule has 2 heterocycles. The molecule has 0 spiro atoms. The van der Waals surface area contributed by atoms with Crippen LogP contribution in [-0.4, -0.2) is 42.0 Å². The Bertz CT molecular complexity index is 641. The number of aromatic amines is 1. The first kappa shape index (κ1) is 16.3. The van der Waals surface area contributed by atoms with E-state index in [9.17, 15) is 13.2 Å². The number of amides is 1. The number of aromatic nitrogens is 2. The second-order valence-corrected chi connectivity index (χ2v) is 8.16. The average Bonchev–Trinajstić information content (AvgIpc) is 2.84. The van der Waals surface area contributed by atoms with Crippen molar-refractivity contribution in [3.05, 3.63) is 11.4 Å². The van der Waals surface area contributed by atoms with E-state index < -0.39 is 9.05 Å². The second-order valence-electron chi connectivity index (χ2n) is 5.66. The Morgan fingerprint density at radius 2 is 2.10 bits per heavy atom. The van der Waals surface area contributed by atoms with Gasteiger partial charge in [-0.1, -0.05) is 13.8 Å². The highest BCUT2D eigenvalue weighted by molar-refractivity contribution is 8.13. The topological polar surface area (TPSA) is 83.1 Å². The van der Waals surface area contributed by atoms with Crippen LogP contribution in [0.4, 0.5) is 0 Å². The first-order valence-electron chi connectivity index (χ1n) is 7.08. The van der Waals surface area contributed by atoms with Gasteiger partial charge in [0.1, 0.15) is 4.90 Å². The van der Waals surface area contributed by atoms with Crippen LogP contribution in [0.2, 0.25) is 0 Å². The van der Waals surface area contributed by atoms with Crippen molar-refractivity contribution < 1.29 is 13.2 Å². The minimum atomic E-state index is -4.02. The van der Waals surface area contributed by atoms with Crippen LogP contribution in [0.15, 0.2) is 4.90 Å². The molecular weight excluding hydrogens is 314 g/mol. The van der Waals surface area contributed by atoms with Crippen LogP contribution >= 0.6 is 10.7 Å². The molecule has 1 saturated heterocycles. The maximum Gasteiger partial charge on any atom is 0.276 e. The molecule has 21 heavy (non-hydrogen) atoms. The van der Waals surface area contributed by atoms with Crippen LogP contribution in [0.1, 0.15) is 49.8 Å². The van der Waals surface area contributed by atoms with Crippen LogP contribution < -0.4 is 0 Å². The van der Waals surface area contributed by atoms with E-state index >= 15 is 0 Å². The Kier molecular flexibility index (Phi) is 4.63. The Labute approximate surface area is 129 Å². The summed E-state index contributed by atoms with van der Waals surface area (Å²) in [5, 5.41) is 6.52. The molecule has 8 heteroatoms. The fourth-order valence-electron chi connectivity index (χ4n) is 2.72. The number of carbonyl (C=O) groups is 1. The van der Waals surface area contributed by atoms with Gasteiger partial charge in [-0.15, -0.1) is 0 Å². The second kappa shape index (κ2) is 5.96. The molecule has 0 saturated carbocycles. The van der Waals surface area contributed by atoms with E-state index in [0.717, 1.165) is 12.8 Å². The molecular formula is C13H20ClN3O3S. The third kappa shape index (κ3) is 3.23. The van der Waals surface area contributed by atoms with Gasteiger partial charge in [-0.25, -0.2) is 8.42 Å². The summed E-state index contributed by atoms with van der Waals surface area (Å²) in [5.41, 5.74) is 0.272. The summed E-state index contributed by atoms with van der Waals surface area (Å²) < 4.78 is 23.5. The van der Waals surface area contributed by atoms with Gasteiger partial charge in [0.05, 0.1) is 5.69 Å². The number of carbonyl (C=O) groups excluding carboxylic acids is 1. The Hall–Kier alpha value is -1.08. The van der Waals surface area contributed by atoms with E-state index in [1.807, 2.05) is 6.92 Å². The van der Waals surface area contributed by atoms with Crippen molar-refractivity contribution in [3.8, 4) is 0 Å². The fourth-order valence-corrected chi connectivity index (χ4v) is 4.07. The van der Waals surface area contributed by atoms with E-state index in [-0.39, 0.29) is 22.5 Å². The molecule has 1 N–H and O–H groups in total. The number of hydrogen-bond acceptors (Lipinski definition) is 4. The van der Waals surface area contributed by atoms with Crippen molar-refractivity contribution in [1.82, 2.24) is 15.1 Å². The molecule has 1 aliphatic rings. The van der Waals surface area contributed by atoms with Gasteiger partial charge in [-0.05, 0) is 32.1 Å². The van der Waals surface area contributed by atoms with Gasteiger partial charge in [0.15, 0.2) is 5.69 Å². The molecule has 0 radical (unpaired) electrons. The lowest BCUT2D eigenvalue weighted by Gasteiger charge is -2.36. The number of piperidine rings is 1. The standard InChI is InChI=1S/C13H20ClN3O3S/c1-4-10-12(21(14,19)20)11(16-15-10)13(18)17-7-8(2)5-6-9(17)3/h8-9H,4-7H2,1-3H3,(H,15,16). The van der Waals surface area contributed by atoms with Crippen molar-refractivity contribution in [2.45, 2.75) is 51.0 Å². The molecule has 2 atom stereocenters. The molecule has 1 aromatic rings. The normalized spacial score (nSPS) is 23.3. The molecule has 0 aromatic carbocycles. The van der Waals surface area contributed by atoms with Crippen molar-refractivity contribution in [2.24, 2.45) is 5.92 Å². The number of nitrogens with one attached hydrogen (secondary N) is 1. The van der Waals surface area contributed by atoms with E-state index in [2.05, 4.69) is 17.1 Å². The summed E-state index contributed by atoms with van der Waals surface area (Å²) in [6, 6.07) is 0.0707. The molecule has 0 aliphatic carbocycles. The largest absolute Gasteiger partial charge is 0.334 e. The molecule has 1 aromatic heterocycles. The van der Waals surface area contributed by atoms with Crippen LogP contribution in [0, 0.1) is 5.92 Å². The van der Waals surface area contributed by atoms with Gasteiger partial charge in [0, 0.05) is 23.3 Å². The van der Waals surface area contributed by atoms with Crippen molar-refractivity contribution in [1.29, 1.82) is 0 Å². The fraction of sp³-hybridized carbons (Fsp3) is 0.692. The minimum absolute atomic E-state index is 0.0707. The lowest BCUT2D eigenvalue weighted by molar-refractivity contribution is 0.0564. The number of hydrogen-bond donors (Lipinski definition) is 1. The molecule has 118 valence electrons. The van der Waals surface area contributed by atoms with Gasteiger partial charge >= 0.3 is 0 Å². The summed E-state index contributed by atoms with van der Waals surface area (Å²) in [6.45, 7) is 6.43. The van der Waals surface area contributed by atoms with Crippen molar-refractivity contribution in [3.63, 3.8) is 0 Å². The maximum absolute atomic E-state index is 12.7. The average molecular weight is 334 g/mol. The molecule has 1 aliphatic heterocycles. The Balaban J connectivity index is 2.42. The number of rotatable bonds is 3. The molecule has 6 nitrogen and oxygen atoms in total. The smallest absolute Gasteiger partial charge is 0.276 e. The van der Waals surface area contributed by atoms with E-state index in [4.69, 9.17) is 10.7 Å². The predicted molar refractivity (Wildman–Crippen MR) is 79.9 cm³/mol. The first-order chi connectivity index (χ1) is 9.75. The van der Waals surface area contributed by atoms with Crippen LogP contribution in [-0.2, 0) is 15.5 Å². The summed E-state index contributed by atoms with van der Waals surface area (Å²) in [4.78, 5) is 14.2. The van der Waals surface area contributed by atoms with Gasteiger partial charge in [0.2, 0.25) is 0 Å². The van der Waals surface area contributed by atoms with Gasteiger partial charge in [0.25, 0.3) is 15.0 Å². The highest BCUT2D eigenvalue weighted by Crippen LogP contribution is 2.27. The van der Waals surface area contributed by atoms with Crippen molar-refractivity contribution >= 4 is 25.6 Å². The minimum Gasteiger partial charge on any atom is -0.334 e. The number of aryl methyl sites for hydroxylation is 1. The molecule has 2 rings (SSSR count). The van der Waals surface area contributed by atoms with Crippen LogP contribution in [0.25, 0.3) is 0 Å². The number of halogens is 1. The van der Waals surface area contributed by atoms with E-state index in [1.165, 1.54) is 0 Å². The van der Waals surface area contributed by atoms with E-state index in [1.54, 1.807) is 11.8 Å². The Morgan fingerprint density at radius 1 is 1.43 bits per heavy atom. The lowest BCUT2D eigenvalue weighted by Crippen LogP contribution is -2.45.